The Hall–Kier alpha value is -2.22. The first-order valence-electron chi connectivity index (χ1n) is 9.39. The number of nitrogens with zero attached hydrogens (tertiary/aromatic N) is 6. The van der Waals surface area contributed by atoms with Crippen molar-refractivity contribution in [3.05, 3.63) is 39.4 Å². The fourth-order valence-electron chi connectivity index (χ4n) is 3.29. The van der Waals surface area contributed by atoms with E-state index in [1.54, 1.807) is 6.20 Å². The van der Waals surface area contributed by atoms with E-state index in [-0.39, 0.29) is 22.4 Å². The quantitative estimate of drug-likeness (QED) is 0.777. The Labute approximate surface area is 169 Å². The molecule has 1 fully saturated rings. The highest BCUT2D eigenvalue weighted by atomic mass is 35.5. The second-order valence-corrected chi connectivity index (χ2v) is 8.65. The van der Waals surface area contributed by atoms with Crippen LogP contribution < -0.4 is 15.4 Å². The molecular formula is C19H26ClFN6O. The lowest BCUT2D eigenvalue weighted by Crippen LogP contribution is -2.48. The summed E-state index contributed by atoms with van der Waals surface area (Å²) >= 11 is 6.32. The van der Waals surface area contributed by atoms with E-state index >= 15 is 0 Å². The molecule has 7 nitrogen and oxygen atoms in total. The van der Waals surface area contributed by atoms with Crippen molar-refractivity contribution in [2.24, 2.45) is 0 Å². The van der Waals surface area contributed by atoms with Gasteiger partial charge >= 0.3 is 0 Å². The van der Waals surface area contributed by atoms with Gasteiger partial charge in [-0.15, -0.1) is 0 Å². The van der Waals surface area contributed by atoms with Gasteiger partial charge in [-0.25, -0.2) is 19.0 Å². The Morgan fingerprint density at radius 2 is 1.71 bits per heavy atom. The average Bonchev–Trinajstić information content (AvgIpc) is 2.63. The number of rotatable bonds is 3. The molecule has 0 N–H and O–H groups in total. The summed E-state index contributed by atoms with van der Waals surface area (Å²) in [5.74, 6) is -0.0540. The van der Waals surface area contributed by atoms with E-state index in [4.69, 9.17) is 11.6 Å². The maximum atomic E-state index is 15.0. The molecule has 0 aliphatic carbocycles. The Bertz CT molecular complexity index is 916. The van der Waals surface area contributed by atoms with Gasteiger partial charge in [-0.2, -0.15) is 5.10 Å². The lowest BCUT2D eigenvalue weighted by atomic mass is 9.91. The number of piperazine rings is 1. The van der Waals surface area contributed by atoms with E-state index in [9.17, 15) is 9.18 Å². The molecule has 2 aromatic heterocycles. The van der Waals surface area contributed by atoms with Crippen LogP contribution in [0.15, 0.2) is 17.3 Å². The van der Waals surface area contributed by atoms with Gasteiger partial charge in [-0.3, -0.25) is 4.79 Å². The van der Waals surface area contributed by atoms with Crippen LogP contribution in [0.3, 0.4) is 0 Å². The van der Waals surface area contributed by atoms with E-state index in [1.807, 2.05) is 44.4 Å². The van der Waals surface area contributed by atoms with Crippen molar-refractivity contribution >= 4 is 23.1 Å². The van der Waals surface area contributed by atoms with Gasteiger partial charge in [0.2, 0.25) is 0 Å². The summed E-state index contributed by atoms with van der Waals surface area (Å²) in [6.07, 6.45) is 3.04. The zero-order chi connectivity index (χ0) is 20.6. The van der Waals surface area contributed by atoms with Crippen LogP contribution in [0.25, 0.3) is 0 Å². The van der Waals surface area contributed by atoms with Gasteiger partial charge in [0.15, 0.2) is 11.6 Å². The molecule has 1 aliphatic rings. The minimum Gasteiger partial charge on any atom is -0.365 e. The third kappa shape index (κ3) is 3.83. The summed E-state index contributed by atoms with van der Waals surface area (Å²) in [5, 5.41) is 4.39. The number of hydrogen-bond donors (Lipinski definition) is 0. The molecule has 0 radical (unpaired) electrons. The third-order valence-electron chi connectivity index (χ3n) is 4.82. The molecule has 9 heteroatoms. The monoisotopic (exact) mass is 408 g/mol. The van der Waals surface area contributed by atoms with Crippen molar-refractivity contribution in [1.29, 1.82) is 0 Å². The number of anilines is 2. The van der Waals surface area contributed by atoms with Crippen LogP contribution in [-0.4, -0.2) is 45.9 Å². The predicted octanol–water partition coefficient (Wildman–Crippen LogP) is 3.03. The van der Waals surface area contributed by atoms with Crippen molar-refractivity contribution in [2.45, 2.75) is 46.1 Å². The fraction of sp³-hybridized carbons (Fsp3) is 0.579. The lowest BCUT2D eigenvalue weighted by Gasteiger charge is -2.37. The molecule has 0 bridgehead atoms. The third-order valence-corrected chi connectivity index (χ3v) is 5.17. The zero-order valence-electron chi connectivity index (χ0n) is 16.9. The topological polar surface area (TPSA) is 67.2 Å². The van der Waals surface area contributed by atoms with Crippen molar-refractivity contribution < 1.29 is 4.39 Å². The van der Waals surface area contributed by atoms with E-state index in [0.717, 1.165) is 0 Å². The van der Waals surface area contributed by atoms with E-state index in [0.29, 0.717) is 43.4 Å². The molecule has 0 aromatic carbocycles. The SMILES string of the molecule is CC(C)n1ncc(N2CCN(c3ncnc(C(C)(C)C)c3F)CC2)c(Cl)c1=O. The maximum Gasteiger partial charge on any atom is 0.287 e. The van der Waals surface area contributed by atoms with Gasteiger partial charge in [0.1, 0.15) is 11.3 Å². The predicted molar refractivity (Wildman–Crippen MR) is 109 cm³/mol. The second-order valence-electron chi connectivity index (χ2n) is 8.27. The lowest BCUT2D eigenvalue weighted by molar-refractivity contribution is 0.492. The normalized spacial score (nSPS) is 15.4. The maximum absolute atomic E-state index is 15.0. The highest BCUT2D eigenvalue weighted by Gasteiger charge is 2.28. The molecular weight excluding hydrogens is 383 g/mol. The average molecular weight is 409 g/mol. The molecule has 1 aliphatic heterocycles. The summed E-state index contributed by atoms with van der Waals surface area (Å²) in [5.41, 5.74) is 0.322. The van der Waals surface area contributed by atoms with Crippen LogP contribution in [0.1, 0.15) is 46.4 Å². The Balaban J connectivity index is 1.79. The Morgan fingerprint density at radius 1 is 1.11 bits per heavy atom. The molecule has 0 unspecified atom stereocenters. The van der Waals surface area contributed by atoms with Gasteiger partial charge in [-0.05, 0) is 13.8 Å². The van der Waals surface area contributed by atoms with Gasteiger partial charge in [0, 0.05) is 31.6 Å². The van der Waals surface area contributed by atoms with E-state index < -0.39 is 5.41 Å². The fourth-order valence-corrected chi connectivity index (χ4v) is 3.54. The molecule has 3 rings (SSSR count). The molecule has 28 heavy (non-hydrogen) atoms. The molecule has 0 saturated carbocycles. The molecule has 2 aromatic rings. The highest BCUT2D eigenvalue weighted by Crippen LogP contribution is 2.29. The van der Waals surface area contributed by atoms with Gasteiger partial charge in [0.25, 0.3) is 5.56 Å². The van der Waals surface area contributed by atoms with Crippen molar-refractivity contribution in [1.82, 2.24) is 19.7 Å². The smallest absolute Gasteiger partial charge is 0.287 e. The van der Waals surface area contributed by atoms with Crippen LogP contribution in [-0.2, 0) is 5.41 Å². The largest absolute Gasteiger partial charge is 0.365 e. The summed E-state index contributed by atoms with van der Waals surface area (Å²) in [6.45, 7) is 11.8. The molecule has 152 valence electrons. The molecule has 0 spiro atoms. The second kappa shape index (κ2) is 7.66. The Morgan fingerprint density at radius 3 is 2.29 bits per heavy atom. The number of hydrogen-bond acceptors (Lipinski definition) is 6. The highest BCUT2D eigenvalue weighted by molar-refractivity contribution is 6.33. The van der Waals surface area contributed by atoms with Crippen LogP contribution in [0.4, 0.5) is 15.9 Å². The van der Waals surface area contributed by atoms with Crippen LogP contribution in [0, 0.1) is 5.82 Å². The van der Waals surface area contributed by atoms with Crippen molar-refractivity contribution in [3.63, 3.8) is 0 Å². The van der Waals surface area contributed by atoms with Crippen LogP contribution >= 0.6 is 11.6 Å². The summed E-state index contributed by atoms with van der Waals surface area (Å²) in [4.78, 5) is 24.6. The molecule has 1 saturated heterocycles. The zero-order valence-corrected chi connectivity index (χ0v) is 17.7. The first kappa shape index (κ1) is 20.5. The minimum atomic E-state index is -0.400. The van der Waals surface area contributed by atoms with E-state index in [2.05, 4.69) is 15.1 Å². The van der Waals surface area contributed by atoms with Gasteiger partial charge in [-0.1, -0.05) is 32.4 Å². The van der Waals surface area contributed by atoms with Crippen molar-refractivity contribution in [3.8, 4) is 0 Å². The van der Waals surface area contributed by atoms with Gasteiger partial charge < -0.3 is 9.80 Å². The standard InChI is InChI=1S/C19H26ClFN6O/c1-12(2)27-18(28)14(20)13(10-24-27)25-6-8-26(9-7-25)17-15(21)16(19(3,4)5)22-11-23-17/h10-12H,6-9H2,1-5H3. The summed E-state index contributed by atoms with van der Waals surface area (Å²) < 4.78 is 16.3. The van der Waals surface area contributed by atoms with Crippen LogP contribution in [0.5, 0.6) is 0 Å². The van der Waals surface area contributed by atoms with Crippen molar-refractivity contribution in [2.75, 3.05) is 36.0 Å². The molecule has 0 amide bonds. The Kier molecular flexibility index (Phi) is 5.61. The van der Waals surface area contributed by atoms with Gasteiger partial charge in [0.05, 0.1) is 23.6 Å². The molecule has 0 atom stereocenters. The van der Waals surface area contributed by atoms with Crippen LogP contribution in [0.2, 0.25) is 5.02 Å². The number of aromatic nitrogens is 4. The molecule has 3 heterocycles. The summed E-state index contributed by atoms with van der Waals surface area (Å²) in [7, 11) is 0. The first-order chi connectivity index (χ1) is 13.1. The minimum absolute atomic E-state index is 0.0614. The number of halogens is 2. The van der Waals surface area contributed by atoms with E-state index in [1.165, 1.54) is 11.0 Å². The first-order valence-corrected chi connectivity index (χ1v) is 9.77. The summed E-state index contributed by atoms with van der Waals surface area (Å²) in [6, 6.07) is -0.0614.